The van der Waals surface area contributed by atoms with Crippen LogP contribution in [0, 0.1) is 0 Å². The van der Waals surface area contributed by atoms with Gasteiger partial charge in [0.1, 0.15) is 12.4 Å². The fourth-order valence-corrected chi connectivity index (χ4v) is 4.21. The number of benzene rings is 2. The number of rotatable bonds is 6. The van der Waals surface area contributed by atoms with Gasteiger partial charge < -0.3 is 9.84 Å². The molecule has 8 heteroatoms. The Labute approximate surface area is 185 Å². The van der Waals surface area contributed by atoms with Crippen molar-refractivity contribution in [1.29, 1.82) is 0 Å². The summed E-state index contributed by atoms with van der Waals surface area (Å²) in [6, 6.07) is 14.8. The van der Waals surface area contributed by atoms with Crippen molar-refractivity contribution in [3.05, 3.63) is 66.7 Å². The number of ether oxygens (including phenoxy) is 1. The lowest BCUT2D eigenvalue weighted by Crippen LogP contribution is -2.58. The van der Waals surface area contributed by atoms with Crippen molar-refractivity contribution in [3.63, 3.8) is 0 Å². The summed E-state index contributed by atoms with van der Waals surface area (Å²) < 4.78 is 7.21. The van der Waals surface area contributed by atoms with E-state index in [2.05, 4.69) is 16.7 Å². The maximum Gasteiger partial charge on any atom is 0.293 e. The van der Waals surface area contributed by atoms with Gasteiger partial charge in [0, 0.05) is 17.6 Å². The van der Waals surface area contributed by atoms with Crippen LogP contribution in [0.25, 0.3) is 11.3 Å². The quantitative estimate of drug-likeness (QED) is 0.337. The van der Waals surface area contributed by atoms with Crippen molar-refractivity contribution < 1.29 is 19.3 Å². The molecule has 4 rings (SSSR count). The minimum absolute atomic E-state index is 0.154. The highest BCUT2D eigenvalue weighted by Gasteiger charge is 2.43. The Hall–Kier alpha value is -3.39. The standard InChI is InChI=1S/C23H22N4O3S/c1-4-14-30-17-12-10-16(11-13-17)22-26(15(3)28)19-9-7-6-8-18(19)20-21(29)24-23(31-5-2)25-27(20)22/h4,6-13,22H,1,5,14H2,2-3H3. The molecular formula is C23H22N4O3S. The highest BCUT2D eigenvalue weighted by molar-refractivity contribution is 7.99. The van der Waals surface area contributed by atoms with Gasteiger partial charge in [-0.05, 0) is 42.2 Å². The summed E-state index contributed by atoms with van der Waals surface area (Å²) in [6.07, 6.45) is 1.05. The van der Waals surface area contributed by atoms with E-state index >= 15 is 0 Å². The molecule has 0 bridgehead atoms. The zero-order valence-electron chi connectivity index (χ0n) is 17.3. The van der Waals surface area contributed by atoms with Crippen LogP contribution in [0.4, 0.5) is 5.69 Å². The molecule has 0 saturated carbocycles. The summed E-state index contributed by atoms with van der Waals surface area (Å²) in [5.74, 6) is 0.899. The molecule has 3 aromatic rings. The largest absolute Gasteiger partial charge is 0.854 e. The Bertz CT molecular complexity index is 1130. The minimum Gasteiger partial charge on any atom is -0.854 e. The molecule has 7 nitrogen and oxygen atoms in total. The number of thioether (sulfide) groups is 1. The molecule has 2 aromatic carbocycles. The van der Waals surface area contributed by atoms with Gasteiger partial charge >= 0.3 is 0 Å². The Morgan fingerprint density at radius 1 is 1.29 bits per heavy atom. The lowest BCUT2D eigenvalue weighted by Gasteiger charge is -2.32. The maximum absolute atomic E-state index is 13.0. The number of hydrogen-bond acceptors (Lipinski definition) is 6. The number of para-hydroxylation sites is 1. The van der Waals surface area contributed by atoms with Crippen LogP contribution >= 0.6 is 11.8 Å². The van der Waals surface area contributed by atoms with Crippen molar-refractivity contribution in [2.75, 3.05) is 17.3 Å². The average molecular weight is 435 g/mol. The van der Waals surface area contributed by atoms with Crippen LogP contribution in [-0.4, -0.2) is 28.3 Å². The summed E-state index contributed by atoms with van der Waals surface area (Å²) in [7, 11) is 0. The molecule has 1 amide bonds. The van der Waals surface area contributed by atoms with Gasteiger partial charge in [0.15, 0.2) is 0 Å². The Morgan fingerprint density at radius 2 is 2.03 bits per heavy atom. The van der Waals surface area contributed by atoms with Gasteiger partial charge in [0.2, 0.25) is 5.91 Å². The fraction of sp³-hybridized carbons (Fsp3) is 0.217. The first-order valence-corrected chi connectivity index (χ1v) is 10.9. The second-order valence-electron chi connectivity index (χ2n) is 6.87. The number of aromatic nitrogens is 3. The summed E-state index contributed by atoms with van der Waals surface area (Å²) in [6.45, 7) is 7.54. The van der Waals surface area contributed by atoms with E-state index in [0.29, 0.717) is 34.5 Å². The highest BCUT2D eigenvalue weighted by atomic mass is 32.2. The predicted octanol–water partition coefficient (Wildman–Crippen LogP) is 3.09. The number of fused-ring (bicyclic) bond motifs is 3. The van der Waals surface area contributed by atoms with Crippen molar-refractivity contribution in [2.45, 2.75) is 25.2 Å². The first-order chi connectivity index (χ1) is 15.0. The van der Waals surface area contributed by atoms with Gasteiger partial charge in [-0.1, -0.05) is 48.2 Å². The van der Waals surface area contributed by atoms with E-state index in [0.717, 1.165) is 11.3 Å². The van der Waals surface area contributed by atoms with Crippen molar-refractivity contribution in [2.24, 2.45) is 0 Å². The molecule has 0 radical (unpaired) electrons. The third kappa shape index (κ3) is 3.86. The monoisotopic (exact) mass is 434 g/mol. The summed E-state index contributed by atoms with van der Waals surface area (Å²) >= 11 is 1.39. The number of carbonyl (C=O) groups excluding carboxylic acids is 1. The first kappa shape index (κ1) is 20.9. The van der Waals surface area contributed by atoms with Crippen LogP contribution in [0.1, 0.15) is 25.6 Å². The van der Waals surface area contributed by atoms with Gasteiger partial charge in [-0.2, -0.15) is 0 Å². The molecule has 158 valence electrons. The third-order valence-corrected chi connectivity index (χ3v) is 5.60. The summed E-state index contributed by atoms with van der Waals surface area (Å²) in [5, 5.41) is 18.1. The number of nitrogens with zero attached hydrogens (tertiary/aromatic N) is 4. The van der Waals surface area contributed by atoms with Gasteiger partial charge in [0.05, 0.1) is 17.1 Å². The number of anilines is 1. The zero-order valence-corrected chi connectivity index (χ0v) is 18.1. The smallest absolute Gasteiger partial charge is 0.293 e. The Balaban J connectivity index is 1.93. The molecule has 1 atom stereocenters. The van der Waals surface area contributed by atoms with Gasteiger partial charge in [-0.15, -0.1) is 0 Å². The van der Waals surface area contributed by atoms with E-state index in [1.54, 1.807) is 15.7 Å². The second-order valence-corrected chi connectivity index (χ2v) is 8.11. The topological polar surface area (TPSA) is 82.3 Å². The van der Waals surface area contributed by atoms with E-state index < -0.39 is 6.17 Å². The molecule has 0 aliphatic carbocycles. The van der Waals surface area contributed by atoms with Crippen LogP contribution in [0.3, 0.4) is 0 Å². The normalized spacial score (nSPS) is 14.5. The Morgan fingerprint density at radius 3 is 2.71 bits per heavy atom. The van der Waals surface area contributed by atoms with Gasteiger partial charge in [-0.3, -0.25) is 4.79 Å². The average Bonchev–Trinajstić information content (AvgIpc) is 2.77. The number of carbonyl (C=O) groups is 1. The lowest BCUT2D eigenvalue weighted by atomic mass is 10.0. The lowest BCUT2D eigenvalue weighted by molar-refractivity contribution is -0.764. The highest BCUT2D eigenvalue weighted by Crippen LogP contribution is 2.40. The second kappa shape index (κ2) is 8.77. The zero-order chi connectivity index (χ0) is 22.0. The molecule has 0 spiro atoms. The SMILES string of the molecule is C=CCOc1ccc(C2N(C(C)=O)c3ccccc3-c3c([O-])nc(SCC)n[n+]32)cc1. The van der Waals surface area contributed by atoms with E-state index in [-0.39, 0.29) is 11.8 Å². The summed E-state index contributed by atoms with van der Waals surface area (Å²) in [4.78, 5) is 18.6. The molecule has 1 aliphatic heterocycles. The molecule has 2 heterocycles. The molecular weight excluding hydrogens is 412 g/mol. The van der Waals surface area contributed by atoms with Crippen molar-refractivity contribution >= 4 is 23.4 Å². The molecule has 1 aliphatic rings. The van der Waals surface area contributed by atoms with E-state index in [4.69, 9.17) is 4.74 Å². The molecule has 31 heavy (non-hydrogen) atoms. The molecule has 0 saturated heterocycles. The first-order valence-electron chi connectivity index (χ1n) is 9.91. The molecule has 0 fully saturated rings. The fourth-order valence-electron chi connectivity index (χ4n) is 3.66. The van der Waals surface area contributed by atoms with Crippen molar-refractivity contribution in [3.8, 4) is 22.9 Å². The van der Waals surface area contributed by atoms with E-state index in [1.165, 1.54) is 18.7 Å². The predicted molar refractivity (Wildman–Crippen MR) is 117 cm³/mol. The van der Waals surface area contributed by atoms with Crippen molar-refractivity contribution in [1.82, 2.24) is 10.1 Å². The van der Waals surface area contributed by atoms with E-state index in [1.807, 2.05) is 55.5 Å². The van der Waals surface area contributed by atoms with Crippen LogP contribution < -0.4 is 19.4 Å². The minimum atomic E-state index is -0.622. The Kier molecular flexibility index (Phi) is 5.90. The summed E-state index contributed by atoms with van der Waals surface area (Å²) in [5.41, 5.74) is 2.46. The number of amides is 1. The third-order valence-electron chi connectivity index (χ3n) is 4.88. The molecule has 1 aromatic heterocycles. The van der Waals surface area contributed by atoms with Gasteiger partial charge in [0.25, 0.3) is 17.0 Å². The molecule has 1 unspecified atom stereocenters. The van der Waals surface area contributed by atoms with Gasteiger partial charge in [-0.25, -0.2) is 9.88 Å². The maximum atomic E-state index is 13.0. The number of hydrogen-bond donors (Lipinski definition) is 0. The van der Waals surface area contributed by atoms with Crippen LogP contribution in [0.15, 0.2) is 66.3 Å². The molecule has 0 N–H and O–H groups in total. The van der Waals surface area contributed by atoms with Crippen LogP contribution in [-0.2, 0) is 4.79 Å². The van der Waals surface area contributed by atoms with Crippen LogP contribution in [0.5, 0.6) is 11.6 Å². The van der Waals surface area contributed by atoms with E-state index in [9.17, 15) is 9.90 Å². The van der Waals surface area contributed by atoms with Crippen LogP contribution in [0.2, 0.25) is 0 Å².